The number of β-lactam (4-membered cyclic amide) rings is 1. The number of nitrogens with zero attached hydrogens (tertiary/aromatic N) is 5. The molecule has 2 aliphatic heterocycles. The molecular formula is C27H31ClN9O7S2+. The topological polar surface area (TPSA) is 231 Å². The average Bonchev–Trinajstić information content (AvgIpc) is 3.52. The molecule has 5 heterocycles. The lowest BCUT2D eigenvalue weighted by atomic mass is 10.0. The standard InChI is InChI=1S/C27H30ClN9O7S2/c1-12(25(40)41)44-34-18(17-21(28)46-27(30)33-17)22(38)32-19-23(39)37-20(26(42)43)13(11-45-24(19)37)10-35-7-3-5-14-15(35)9-16(29)36(14)8-4-6-31-2/h3,5,7,9,12,19,24,29,31H,4,6,8,10-11H2,1-2H3,(H5,30,32,33,38,40,41,42,43)/p+1/b34-18-/t12-,19?,24?/m0/s1. The molecule has 3 aromatic rings. The number of thiazole rings is 1. The number of hydrogen-bond acceptors (Lipinski definition) is 12. The van der Waals surface area contributed by atoms with Gasteiger partial charge in [0.2, 0.25) is 11.6 Å². The van der Waals surface area contributed by atoms with Crippen LogP contribution < -0.4 is 26.7 Å². The number of fused-ring (bicyclic) bond motifs is 2. The Bertz CT molecular complexity index is 1790. The maximum Gasteiger partial charge on any atom is 0.352 e. The smallest absolute Gasteiger partial charge is 0.352 e. The van der Waals surface area contributed by atoms with Crippen molar-refractivity contribution in [2.75, 3.05) is 30.8 Å². The number of oxime groups is 1. The lowest BCUT2D eigenvalue weighted by Crippen LogP contribution is -2.71. The zero-order valence-electron chi connectivity index (χ0n) is 24.6. The molecule has 19 heteroatoms. The fourth-order valence-corrected chi connectivity index (χ4v) is 7.41. The number of aliphatic carboxylic acids is 2. The van der Waals surface area contributed by atoms with Crippen molar-refractivity contribution < 1.29 is 38.8 Å². The van der Waals surface area contributed by atoms with Gasteiger partial charge in [-0.15, -0.1) is 11.8 Å². The molecule has 8 N–H and O–H groups in total. The van der Waals surface area contributed by atoms with Crippen LogP contribution >= 0.6 is 34.7 Å². The molecule has 0 bridgehead atoms. The lowest BCUT2D eigenvalue weighted by Gasteiger charge is -2.49. The number of nitrogen functional groups attached to an aromatic ring is 2. The van der Waals surface area contributed by atoms with Crippen LogP contribution in [-0.2, 0) is 37.1 Å². The summed E-state index contributed by atoms with van der Waals surface area (Å²) in [6.07, 6.45) is 1.28. The number of halogens is 1. The van der Waals surface area contributed by atoms with Gasteiger partial charge in [0.1, 0.15) is 38.5 Å². The number of anilines is 2. The normalized spacial score (nSPS) is 18.7. The molecule has 0 aliphatic carbocycles. The molecule has 2 unspecified atom stereocenters. The van der Waals surface area contributed by atoms with E-state index in [-0.39, 0.29) is 33.2 Å². The van der Waals surface area contributed by atoms with E-state index < -0.39 is 47.0 Å². The minimum Gasteiger partial charge on any atom is -0.478 e. The Hall–Kier alpha value is -4.39. The number of rotatable bonds is 13. The summed E-state index contributed by atoms with van der Waals surface area (Å²) >= 11 is 8.33. The summed E-state index contributed by atoms with van der Waals surface area (Å²) in [6.45, 7) is 2.92. The Morgan fingerprint density at radius 1 is 1.33 bits per heavy atom. The van der Waals surface area contributed by atoms with Crippen LogP contribution in [0, 0.1) is 0 Å². The predicted molar refractivity (Wildman–Crippen MR) is 171 cm³/mol. The van der Waals surface area contributed by atoms with Crippen molar-refractivity contribution in [3.63, 3.8) is 0 Å². The van der Waals surface area contributed by atoms with Gasteiger partial charge in [-0.05, 0) is 33.0 Å². The second-order valence-corrected chi connectivity index (χ2v) is 13.1. The fourth-order valence-electron chi connectivity index (χ4n) is 5.15. The van der Waals surface area contributed by atoms with Crippen molar-refractivity contribution in [1.29, 1.82) is 0 Å². The molecule has 244 valence electrons. The number of carbonyl (C=O) groups excluding carboxylic acids is 2. The SMILES string of the molecule is CNCCCn1c(N)cc2c1ccc[n+]2CC1=C(C(=O)O)N2C(=O)C(NC(=O)/C(=N\O[C@@H](C)C(=O)O)c3nc(N)sc3Cl)C2SC1. The van der Waals surface area contributed by atoms with E-state index in [1.165, 1.54) is 18.7 Å². The molecule has 2 amide bonds. The molecule has 16 nitrogen and oxygen atoms in total. The highest BCUT2D eigenvalue weighted by atomic mass is 35.5. The fraction of sp³-hybridized carbons (Fsp3) is 0.370. The Labute approximate surface area is 275 Å². The number of aromatic nitrogens is 3. The number of aryl methyl sites for hydroxylation is 1. The minimum absolute atomic E-state index is 0.00472. The van der Waals surface area contributed by atoms with E-state index in [9.17, 15) is 24.3 Å². The first-order valence-electron chi connectivity index (χ1n) is 13.9. The number of pyridine rings is 1. The summed E-state index contributed by atoms with van der Waals surface area (Å²) in [7, 11) is 1.88. The van der Waals surface area contributed by atoms with Crippen molar-refractivity contribution in [1.82, 2.24) is 25.1 Å². The van der Waals surface area contributed by atoms with Crippen LogP contribution in [0.3, 0.4) is 0 Å². The van der Waals surface area contributed by atoms with E-state index in [0.29, 0.717) is 17.9 Å². The number of nitrogens with two attached hydrogens (primary N) is 2. The van der Waals surface area contributed by atoms with Gasteiger partial charge in [0.15, 0.2) is 23.6 Å². The molecule has 0 saturated carbocycles. The van der Waals surface area contributed by atoms with Crippen LogP contribution in [0.15, 0.2) is 40.8 Å². The quantitative estimate of drug-likeness (QED) is 0.0471. The highest BCUT2D eigenvalue weighted by Gasteiger charge is 2.55. The lowest BCUT2D eigenvalue weighted by molar-refractivity contribution is -0.663. The Kier molecular flexibility index (Phi) is 9.71. The first-order chi connectivity index (χ1) is 21.9. The van der Waals surface area contributed by atoms with Gasteiger partial charge in [-0.25, -0.2) is 14.6 Å². The third-order valence-electron chi connectivity index (χ3n) is 7.38. The Morgan fingerprint density at radius 2 is 2.09 bits per heavy atom. The Morgan fingerprint density at radius 3 is 2.74 bits per heavy atom. The number of nitrogens with one attached hydrogen (secondary N) is 2. The third kappa shape index (κ3) is 6.33. The number of amides is 2. The van der Waals surface area contributed by atoms with E-state index in [0.717, 1.165) is 40.2 Å². The maximum atomic E-state index is 13.4. The number of hydrogen-bond donors (Lipinski definition) is 6. The monoisotopic (exact) mass is 692 g/mol. The predicted octanol–water partition coefficient (Wildman–Crippen LogP) is 0.445. The van der Waals surface area contributed by atoms with E-state index in [4.69, 9.17) is 33.0 Å². The number of thioether (sulfide) groups is 1. The van der Waals surface area contributed by atoms with Gasteiger partial charge >= 0.3 is 11.9 Å². The highest BCUT2D eigenvalue weighted by Crippen LogP contribution is 2.40. The van der Waals surface area contributed by atoms with Gasteiger partial charge in [0.05, 0.1) is 6.07 Å². The molecular weight excluding hydrogens is 662 g/mol. The number of carboxylic acid groups (broad SMARTS) is 2. The van der Waals surface area contributed by atoms with Crippen LogP contribution in [0.5, 0.6) is 0 Å². The van der Waals surface area contributed by atoms with Crippen molar-refractivity contribution in [2.24, 2.45) is 5.16 Å². The summed E-state index contributed by atoms with van der Waals surface area (Å²) in [5.41, 5.74) is 13.5. The highest BCUT2D eigenvalue weighted by molar-refractivity contribution is 8.00. The molecule has 2 aliphatic rings. The summed E-state index contributed by atoms with van der Waals surface area (Å²) in [6, 6.07) is 4.53. The zero-order chi connectivity index (χ0) is 33.3. The minimum atomic E-state index is -1.41. The average molecular weight is 693 g/mol. The molecule has 0 spiro atoms. The van der Waals surface area contributed by atoms with Crippen LogP contribution in [0.1, 0.15) is 19.0 Å². The van der Waals surface area contributed by atoms with E-state index in [2.05, 4.69) is 20.8 Å². The molecule has 0 aromatic carbocycles. The van der Waals surface area contributed by atoms with Crippen molar-refractivity contribution in [3.8, 4) is 0 Å². The van der Waals surface area contributed by atoms with E-state index in [1.54, 1.807) is 0 Å². The summed E-state index contributed by atoms with van der Waals surface area (Å²) in [5.74, 6) is -3.35. The third-order valence-corrected chi connectivity index (χ3v) is 9.80. The van der Waals surface area contributed by atoms with Crippen LogP contribution in [0.4, 0.5) is 10.9 Å². The number of carboxylic acids is 2. The maximum absolute atomic E-state index is 13.4. The van der Waals surface area contributed by atoms with E-state index in [1.807, 2.05) is 40.6 Å². The van der Waals surface area contributed by atoms with E-state index >= 15 is 0 Å². The molecule has 1 saturated heterocycles. The molecule has 1 fully saturated rings. The van der Waals surface area contributed by atoms with Crippen LogP contribution in [0.2, 0.25) is 4.34 Å². The largest absolute Gasteiger partial charge is 0.478 e. The van der Waals surface area contributed by atoms with Crippen molar-refractivity contribution in [3.05, 3.63) is 45.7 Å². The second-order valence-electron chi connectivity index (χ2n) is 10.4. The molecule has 5 rings (SSSR count). The van der Waals surface area contributed by atoms with Crippen molar-refractivity contribution in [2.45, 2.75) is 44.0 Å². The van der Waals surface area contributed by atoms with Gasteiger partial charge < -0.3 is 41.7 Å². The van der Waals surface area contributed by atoms with Gasteiger partial charge in [0, 0.05) is 23.9 Å². The summed E-state index contributed by atoms with van der Waals surface area (Å²) in [5, 5.41) is 28.0. The van der Waals surface area contributed by atoms with Gasteiger partial charge in [-0.2, -0.15) is 4.57 Å². The summed E-state index contributed by atoms with van der Waals surface area (Å²) in [4.78, 5) is 60.5. The molecule has 0 radical (unpaired) electrons. The van der Waals surface area contributed by atoms with Crippen molar-refractivity contribution >= 4 is 86.1 Å². The zero-order valence-corrected chi connectivity index (χ0v) is 27.0. The van der Waals surface area contributed by atoms with Gasteiger partial charge in [0.25, 0.3) is 11.8 Å². The second kappa shape index (κ2) is 13.5. The molecule has 3 atom stereocenters. The summed E-state index contributed by atoms with van der Waals surface area (Å²) < 4.78 is 3.90. The molecule has 3 aromatic heterocycles. The Balaban J connectivity index is 1.38. The molecule has 46 heavy (non-hydrogen) atoms. The number of carbonyl (C=O) groups is 4. The first-order valence-corrected chi connectivity index (χ1v) is 16.2. The van der Waals surface area contributed by atoms with Gasteiger partial charge in [-0.3, -0.25) is 14.5 Å². The first kappa shape index (κ1) is 33.0. The van der Waals surface area contributed by atoms with Crippen LogP contribution in [0.25, 0.3) is 11.0 Å². The van der Waals surface area contributed by atoms with Crippen LogP contribution in [-0.4, -0.2) is 91.0 Å². The van der Waals surface area contributed by atoms with Gasteiger partial charge in [-0.1, -0.05) is 28.1 Å².